The zero-order valence-corrected chi connectivity index (χ0v) is 12.6. The highest BCUT2D eigenvalue weighted by atomic mass is 32.2. The number of aryl methyl sites for hydroxylation is 2. The van der Waals surface area contributed by atoms with Gasteiger partial charge >= 0.3 is 5.69 Å². The largest absolute Gasteiger partial charge is 0.328 e. The molecule has 0 saturated heterocycles. The van der Waals surface area contributed by atoms with E-state index in [1.54, 1.807) is 32.3 Å². The molecular weight excluding hydrogens is 280 g/mol. The summed E-state index contributed by atoms with van der Waals surface area (Å²) in [5.41, 5.74) is 1.39. The third-order valence-corrected chi connectivity index (χ3v) is 5.07. The van der Waals surface area contributed by atoms with E-state index in [-0.39, 0.29) is 11.3 Å². The van der Waals surface area contributed by atoms with Gasteiger partial charge in [-0.1, -0.05) is 0 Å². The van der Waals surface area contributed by atoms with Gasteiger partial charge in [0.05, 0.1) is 11.0 Å². The molecule has 0 N–H and O–H groups in total. The number of fused-ring (bicyclic) bond motifs is 1. The van der Waals surface area contributed by atoms with Gasteiger partial charge in [-0.25, -0.2) is 13.2 Å². The van der Waals surface area contributed by atoms with Crippen molar-refractivity contribution in [1.29, 1.82) is 0 Å². The van der Waals surface area contributed by atoms with Gasteiger partial charge in [0.1, 0.15) is 5.25 Å². The molecule has 0 bridgehead atoms. The Kier molecular flexibility index (Phi) is 3.33. The second-order valence-corrected chi connectivity index (χ2v) is 7.31. The molecule has 2 aromatic rings. The van der Waals surface area contributed by atoms with Crippen LogP contribution in [-0.4, -0.2) is 34.8 Å². The number of sulfone groups is 1. The molecule has 0 spiro atoms. The normalized spacial score (nSPS) is 13.6. The number of carbonyl (C=O) groups excluding carboxylic acids is 1. The highest BCUT2D eigenvalue weighted by molar-refractivity contribution is 7.92. The molecule has 0 fully saturated rings. The Labute approximate surface area is 116 Å². The van der Waals surface area contributed by atoms with E-state index in [9.17, 15) is 18.0 Å². The minimum Gasteiger partial charge on any atom is -0.295 e. The van der Waals surface area contributed by atoms with Gasteiger partial charge in [-0.3, -0.25) is 13.9 Å². The van der Waals surface area contributed by atoms with E-state index in [2.05, 4.69) is 0 Å². The number of nitrogens with zero attached hydrogens (tertiary/aromatic N) is 2. The lowest BCUT2D eigenvalue weighted by Gasteiger charge is -2.08. The standard InChI is InChI=1S/C13H16N2O4S/c1-8(20(4,18)19)12(16)9-5-6-10-11(7-9)15(3)13(17)14(10)2/h5-8H,1-4H3. The Morgan fingerprint density at radius 3 is 2.25 bits per heavy atom. The van der Waals surface area contributed by atoms with E-state index >= 15 is 0 Å². The van der Waals surface area contributed by atoms with Crippen LogP contribution in [-0.2, 0) is 23.9 Å². The molecule has 1 heterocycles. The maximum atomic E-state index is 12.2. The summed E-state index contributed by atoms with van der Waals surface area (Å²) in [4.78, 5) is 24.0. The topological polar surface area (TPSA) is 78.1 Å². The van der Waals surface area contributed by atoms with Crippen LogP contribution >= 0.6 is 0 Å². The van der Waals surface area contributed by atoms with E-state index in [0.29, 0.717) is 11.0 Å². The number of hydrogen-bond donors (Lipinski definition) is 0. The zero-order chi connectivity index (χ0) is 15.2. The van der Waals surface area contributed by atoms with Crippen molar-refractivity contribution in [1.82, 2.24) is 9.13 Å². The predicted octanol–water partition coefficient (Wildman–Crippen LogP) is 0.493. The number of carbonyl (C=O) groups is 1. The monoisotopic (exact) mass is 296 g/mol. The maximum absolute atomic E-state index is 12.2. The highest BCUT2D eigenvalue weighted by Gasteiger charge is 2.25. The molecule has 7 heteroatoms. The number of hydrogen-bond acceptors (Lipinski definition) is 4. The average molecular weight is 296 g/mol. The van der Waals surface area contributed by atoms with Crippen molar-refractivity contribution in [2.45, 2.75) is 12.2 Å². The van der Waals surface area contributed by atoms with Crippen molar-refractivity contribution in [2.24, 2.45) is 14.1 Å². The van der Waals surface area contributed by atoms with Gasteiger partial charge in [-0.05, 0) is 25.1 Å². The van der Waals surface area contributed by atoms with Gasteiger partial charge in [0, 0.05) is 25.9 Å². The third kappa shape index (κ3) is 2.18. The molecule has 2 rings (SSSR count). The van der Waals surface area contributed by atoms with Crippen LogP contribution in [0.25, 0.3) is 11.0 Å². The molecule has 1 atom stereocenters. The van der Waals surface area contributed by atoms with E-state index in [1.165, 1.54) is 16.1 Å². The first-order chi connectivity index (χ1) is 9.14. The quantitative estimate of drug-likeness (QED) is 0.772. The van der Waals surface area contributed by atoms with Crippen molar-refractivity contribution in [2.75, 3.05) is 6.26 Å². The second kappa shape index (κ2) is 4.59. The van der Waals surface area contributed by atoms with Crippen molar-refractivity contribution in [3.05, 3.63) is 34.2 Å². The summed E-state index contributed by atoms with van der Waals surface area (Å²) < 4.78 is 25.8. The number of benzene rings is 1. The molecular formula is C13H16N2O4S. The van der Waals surface area contributed by atoms with E-state index in [4.69, 9.17) is 0 Å². The summed E-state index contributed by atoms with van der Waals surface area (Å²) in [6.45, 7) is 1.37. The average Bonchev–Trinajstić information content (AvgIpc) is 2.61. The summed E-state index contributed by atoms with van der Waals surface area (Å²) in [5.74, 6) is -0.467. The van der Waals surface area contributed by atoms with Crippen molar-refractivity contribution >= 4 is 26.7 Å². The molecule has 1 aromatic heterocycles. The van der Waals surface area contributed by atoms with Gasteiger partial charge in [-0.15, -0.1) is 0 Å². The predicted molar refractivity (Wildman–Crippen MR) is 76.8 cm³/mol. The van der Waals surface area contributed by atoms with Crippen LogP contribution in [0.5, 0.6) is 0 Å². The number of imidazole rings is 1. The summed E-state index contributed by atoms with van der Waals surface area (Å²) in [6.07, 6.45) is 1.03. The Hall–Kier alpha value is -1.89. The second-order valence-electron chi connectivity index (χ2n) is 4.94. The van der Waals surface area contributed by atoms with Crippen LogP contribution in [0.1, 0.15) is 17.3 Å². The van der Waals surface area contributed by atoms with E-state index < -0.39 is 20.9 Å². The summed E-state index contributed by atoms with van der Waals surface area (Å²) in [6, 6.07) is 4.76. The third-order valence-electron chi connectivity index (χ3n) is 3.57. The van der Waals surface area contributed by atoms with Gasteiger partial charge in [0.15, 0.2) is 15.6 Å². The van der Waals surface area contributed by atoms with Crippen molar-refractivity contribution < 1.29 is 13.2 Å². The fourth-order valence-corrected chi connectivity index (χ4v) is 2.61. The van der Waals surface area contributed by atoms with Crippen LogP contribution in [0.4, 0.5) is 0 Å². The molecule has 0 saturated carbocycles. The number of ketones is 1. The van der Waals surface area contributed by atoms with E-state index in [1.807, 2.05) is 0 Å². The molecule has 0 aliphatic heterocycles. The smallest absolute Gasteiger partial charge is 0.295 e. The molecule has 0 amide bonds. The van der Waals surface area contributed by atoms with Crippen molar-refractivity contribution in [3.63, 3.8) is 0 Å². The van der Waals surface area contributed by atoms with Gasteiger partial charge in [0.25, 0.3) is 0 Å². The minimum atomic E-state index is -3.44. The van der Waals surface area contributed by atoms with Crippen LogP contribution in [0, 0.1) is 0 Å². The Morgan fingerprint density at radius 2 is 1.70 bits per heavy atom. The lowest BCUT2D eigenvalue weighted by molar-refractivity contribution is 0.0992. The Morgan fingerprint density at radius 1 is 1.15 bits per heavy atom. The summed E-state index contributed by atoms with van der Waals surface area (Å²) in [7, 11) is -0.186. The van der Waals surface area contributed by atoms with Crippen LogP contribution in [0.2, 0.25) is 0 Å². The fourth-order valence-electron chi connectivity index (χ4n) is 2.09. The van der Waals surface area contributed by atoms with Crippen LogP contribution in [0.15, 0.2) is 23.0 Å². The molecule has 0 aliphatic carbocycles. The first-order valence-corrected chi connectivity index (χ1v) is 7.98. The lowest BCUT2D eigenvalue weighted by Crippen LogP contribution is -2.26. The van der Waals surface area contributed by atoms with Gasteiger partial charge < -0.3 is 0 Å². The molecule has 1 aromatic carbocycles. The first kappa shape index (κ1) is 14.5. The Bertz CT molecular complexity index is 858. The fraction of sp³-hybridized carbons (Fsp3) is 0.385. The highest BCUT2D eigenvalue weighted by Crippen LogP contribution is 2.17. The molecule has 1 unspecified atom stereocenters. The number of rotatable bonds is 3. The Balaban J connectivity index is 2.61. The van der Waals surface area contributed by atoms with E-state index in [0.717, 1.165) is 6.26 Å². The van der Waals surface area contributed by atoms with Gasteiger partial charge in [0.2, 0.25) is 0 Å². The number of aromatic nitrogens is 2. The number of Topliss-reactive ketones (excluding diaryl/α,β-unsaturated/α-hetero) is 1. The first-order valence-electron chi connectivity index (χ1n) is 6.03. The maximum Gasteiger partial charge on any atom is 0.328 e. The van der Waals surface area contributed by atoms with Gasteiger partial charge in [-0.2, -0.15) is 0 Å². The van der Waals surface area contributed by atoms with Crippen LogP contribution in [0.3, 0.4) is 0 Å². The minimum absolute atomic E-state index is 0.194. The molecule has 20 heavy (non-hydrogen) atoms. The molecule has 108 valence electrons. The van der Waals surface area contributed by atoms with Crippen LogP contribution < -0.4 is 5.69 Å². The summed E-state index contributed by atoms with van der Waals surface area (Å²) in [5, 5.41) is -1.10. The summed E-state index contributed by atoms with van der Waals surface area (Å²) >= 11 is 0. The SMILES string of the molecule is CC(C(=O)c1ccc2c(c1)n(C)c(=O)n2C)S(C)(=O)=O. The lowest BCUT2D eigenvalue weighted by atomic mass is 10.1. The molecule has 0 radical (unpaired) electrons. The molecule has 6 nitrogen and oxygen atoms in total. The van der Waals surface area contributed by atoms with Crippen molar-refractivity contribution in [3.8, 4) is 0 Å². The zero-order valence-electron chi connectivity index (χ0n) is 11.7. The molecule has 0 aliphatic rings.